The van der Waals surface area contributed by atoms with E-state index in [4.69, 9.17) is 32.7 Å². The van der Waals surface area contributed by atoms with Crippen molar-refractivity contribution in [1.29, 1.82) is 0 Å². The molecule has 0 radical (unpaired) electrons. The van der Waals surface area contributed by atoms with Crippen LogP contribution in [0, 0.1) is 0 Å². The smallest absolute Gasteiger partial charge is 0.327 e. The van der Waals surface area contributed by atoms with Gasteiger partial charge in [0.2, 0.25) is 0 Å². The van der Waals surface area contributed by atoms with Gasteiger partial charge in [0.25, 0.3) is 0 Å². The minimum absolute atomic E-state index is 0.242. The zero-order chi connectivity index (χ0) is 24.1. The molecule has 2 amide bonds. The molecule has 0 spiro atoms. The van der Waals surface area contributed by atoms with Crippen LogP contribution in [-0.4, -0.2) is 61.8 Å². The Morgan fingerprint density at radius 3 is 2.27 bits per heavy atom. The number of rotatable bonds is 6. The molecular formula is C24H29Cl2N3O4. The maximum Gasteiger partial charge on any atom is 0.327 e. The van der Waals surface area contributed by atoms with Crippen LogP contribution >= 0.6 is 23.2 Å². The largest absolute Gasteiger partial charge is 0.454 e. The highest BCUT2D eigenvalue weighted by molar-refractivity contribution is 6.37. The van der Waals surface area contributed by atoms with Gasteiger partial charge in [-0.25, -0.2) is 4.79 Å². The van der Waals surface area contributed by atoms with Crippen LogP contribution in [0.25, 0.3) is 0 Å². The second kappa shape index (κ2) is 11.1. The molecule has 0 N–H and O–H groups in total. The van der Waals surface area contributed by atoms with Crippen molar-refractivity contribution < 1.29 is 19.1 Å². The van der Waals surface area contributed by atoms with Crippen molar-refractivity contribution in [1.82, 2.24) is 9.80 Å². The molecule has 7 nitrogen and oxygen atoms in total. The van der Waals surface area contributed by atoms with E-state index in [9.17, 15) is 9.59 Å². The van der Waals surface area contributed by atoms with Gasteiger partial charge in [-0.15, -0.1) is 0 Å². The van der Waals surface area contributed by atoms with Gasteiger partial charge in [0.15, 0.2) is 12.5 Å². The Labute approximate surface area is 204 Å². The normalized spacial score (nSPS) is 14.3. The van der Waals surface area contributed by atoms with Gasteiger partial charge in [0, 0.05) is 33.1 Å². The van der Waals surface area contributed by atoms with Gasteiger partial charge >= 0.3 is 12.0 Å². The molecule has 1 heterocycles. The summed E-state index contributed by atoms with van der Waals surface area (Å²) in [6, 6.07) is 10.6. The van der Waals surface area contributed by atoms with Crippen LogP contribution in [0.15, 0.2) is 36.4 Å². The van der Waals surface area contributed by atoms with E-state index in [0.29, 0.717) is 36.2 Å². The maximum atomic E-state index is 13.2. The number of amides is 2. The number of carbonyl (C=O) groups excluding carboxylic acids is 2. The lowest BCUT2D eigenvalue weighted by atomic mass is 10.0. The molecule has 0 unspecified atom stereocenters. The summed E-state index contributed by atoms with van der Waals surface area (Å²) < 4.78 is 11.1. The molecule has 0 bridgehead atoms. The Hall–Kier alpha value is -2.48. The number of likely N-dealkylation sites (N-methyl/N-ethyl adjacent to an activating group) is 1. The lowest BCUT2D eigenvalue weighted by Crippen LogP contribution is -2.52. The number of nitrogens with zero attached hydrogens (tertiary/aromatic N) is 3. The van der Waals surface area contributed by atoms with Crippen molar-refractivity contribution in [2.75, 3.05) is 44.9 Å². The van der Waals surface area contributed by atoms with Crippen molar-refractivity contribution in [2.45, 2.75) is 26.7 Å². The summed E-state index contributed by atoms with van der Waals surface area (Å²) in [5.74, 6) is 0.760. The first-order chi connectivity index (χ1) is 15.7. The van der Waals surface area contributed by atoms with Crippen molar-refractivity contribution in [3.63, 3.8) is 0 Å². The average Bonchev–Trinajstić information content (AvgIpc) is 2.76. The van der Waals surface area contributed by atoms with Crippen LogP contribution in [0.3, 0.4) is 0 Å². The molecule has 2 aromatic carbocycles. The third kappa shape index (κ3) is 6.53. The molecule has 0 aliphatic carbocycles. The first-order valence-electron chi connectivity index (χ1n) is 10.8. The standard InChI is InChI=1S/C24H29Cl2N3O4/c1-16(2)18-6-5-7-20(12-18)33-23-21(25)13-19(14-22(23)26)29(15-32-17(3)30)24(31)28-10-8-27(4)9-11-28/h5-7,12-14,16H,8-11,15H2,1-4H3. The van der Waals surface area contributed by atoms with Gasteiger partial charge in [-0.3, -0.25) is 9.69 Å². The number of hydrogen-bond acceptors (Lipinski definition) is 5. The van der Waals surface area contributed by atoms with Gasteiger partial charge in [-0.2, -0.15) is 0 Å². The second-order valence-corrected chi connectivity index (χ2v) is 9.15. The number of piperazine rings is 1. The summed E-state index contributed by atoms with van der Waals surface area (Å²) in [5.41, 5.74) is 1.54. The van der Waals surface area contributed by atoms with E-state index in [-0.39, 0.29) is 22.8 Å². The van der Waals surface area contributed by atoms with Crippen molar-refractivity contribution in [2.24, 2.45) is 0 Å². The molecule has 1 fully saturated rings. The van der Waals surface area contributed by atoms with Crippen molar-refractivity contribution in [3.8, 4) is 11.5 Å². The van der Waals surface area contributed by atoms with E-state index in [1.54, 1.807) is 17.0 Å². The SMILES string of the molecule is CC(=O)OCN(C(=O)N1CCN(C)CC1)c1cc(Cl)c(Oc2cccc(C(C)C)c2)c(Cl)c1. The molecule has 33 heavy (non-hydrogen) atoms. The second-order valence-electron chi connectivity index (χ2n) is 8.33. The molecule has 3 rings (SSSR count). The fourth-order valence-corrected chi connectivity index (χ4v) is 3.97. The Kier molecular flexibility index (Phi) is 8.46. The van der Waals surface area contributed by atoms with Gasteiger partial charge < -0.3 is 19.3 Å². The quantitative estimate of drug-likeness (QED) is 0.386. The number of anilines is 1. The number of carbonyl (C=O) groups is 2. The van der Waals surface area contributed by atoms with Gasteiger partial charge in [-0.05, 0) is 42.8 Å². The Morgan fingerprint density at radius 2 is 1.70 bits per heavy atom. The summed E-state index contributed by atoms with van der Waals surface area (Å²) in [6.45, 7) is 7.91. The zero-order valence-corrected chi connectivity index (χ0v) is 20.8. The fraction of sp³-hybridized carbons (Fsp3) is 0.417. The molecule has 1 aliphatic rings. The Morgan fingerprint density at radius 1 is 1.06 bits per heavy atom. The van der Waals surface area contributed by atoms with E-state index < -0.39 is 5.97 Å². The lowest BCUT2D eigenvalue weighted by molar-refractivity contribution is -0.140. The van der Waals surface area contributed by atoms with Crippen LogP contribution < -0.4 is 9.64 Å². The lowest BCUT2D eigenvalue weighted by Gasteiger charge is -2.36. The third-order valence-corrected chi connectivity index (χ3v) is 6.00. The predicted octanol–water partition coefficient (Wildman–Crippen LogP) is 5.60. The highest BCUT2D eigenvalue weighted by Gasteiger charge is 2.27. The highest BCUT2D eigenvalue weighted by Crippen LogP contribution is 2.40. The molecule has 2 aromatic rings. The van der Waals surface area contributed by atoms with Crippen molar-refractivity contribution in [3.05, 3.63) is 52.0 Å². The zero-order valence-electron chi connectivity index (χ0n) is 19.3. The molecule has 9 heteroatoms. The molecule has 0 aromatic heterocycles. The minimum Gasteiger partial charge on any atom is -0.454 e. The maximum absolute atomic E-state index is 13.2. The number of ether oxygens (including phenoxy) is 2. The number of esters is 1. The summed E-state index contributed by atoms with van der Waals surface area (Å²) in [5, 5.41) is 0.484. The van der Waals surface area contributed by atoms with E-state index >= 15 is 0 Å². The van der Waals surface area contributed by atoms with Crippen LogP contribution in [0.4, 0.5) is 10.5 Å². The number of benzene rings is 2. The van der Waals surface area contributed by atoms with E-state index in [0.717, 1.165) is 18.7 Å². The number of halogens is 2. The fourth-order valence-electron chi connectivity index (χ4n) is 3.42. The van der Waals surface area contributed by atoms with Gasteiger partial charge in [-0.1, -0.05) is 49.2 Å². The average molecular weight is 494 g/mol. The summed E-state index contributed by atoms with van der Waals surface area (Å²) in [4.78, 5) is 29.9. The monoisotopic (exact) mass is 493 g/mol. The highest BCUT2D eigenvalue weighted by atomic mass is 35.5. The molecular weight excluding hydrogens is 465 g/mol. The van der Waals surface area contributed by atoms with Crippen LogP contribution in [0.5, 0.6) is 11.5 Å². The summed E-state index contributed by atoms with van der Waals surface area (Å²) in [6.07, 6.45) is 0. The topological polar surface area (TPSA) is 62.3 Å². The number of hydrogen-bond donors (Lipinski definition) is 0. The van der Waals surface area contributed by atoms with Crippen LogP contribution in [0.1, 0.15) is 32.3 Å². The molecule has 178 valence electrons. The Balaban J connectivity index is 1.87. The van der Waals surface area contributed by atoms with Crippen LogP contribution in [0.2, 0.25) is 10.0 Å². The van der Waals surface area contributed by atoms with Gasteiger partial charge in [0.1, 0.15) is 5.75 Å². The van der Waals surface area contributed by atoms with E-state index in [1.807, 2.05) is 31.3 Å². The summed E-state index contributed by atoms with van der Waals surface area (Å²) >= 11 is 13.1. The number of urea groups is 1. The molecule has 1 saturated heterocycles. The predicted molar refractivity (Wildman–Crippen MR) is 131 cm³/mol. The molecule has 0 saturated carbocycles. The van der Waals surface area contributed by atoms with Crippen LogP contribution in [-0.2, 0) is 9.53 Å². The molecule has 0 atom stereocenters. The Bertz CT molecular complexity index is 984. The minimum atomic E-state index is -0.492. The van der Waals surface area contributed by atoms with Crippen molar-refractivity contribution >= 4 is 40.9 Å². The first-order valence-corrected chi connectivity index (χ1v) is 11.6. The van der Waals surface area contributed by atoms with Gasteiger partial charge in [0.05, 0.1) is 15.7 Å². The first kappa shape index (κ1) is 25.1. The summed E-state index contributed by atoms with van der Waals surface area (Å²) in [7, 11) is 2.01. The molecule has 1 aliphatic heterocycles. The van der Waals surface area contributed by atoms with E-state index in [2.05, 4.69) is 18.7 Å². The van der Waals surface area contributed by atoms with E-state index in [1.165, 1.54) is 11.8 Å². The third-order valence-electron chi connectivity index (χ3n) is 5.44.